The van der Waals surface area contributed by atoms with E-state index in [-0.39, 0.29) is 35.1 Å². The Bertz CT molecular complexity index is 837. The molecular formula is C18H17ClN2O5. The van der Waals surface area contributed by atoms with Gasteiger partial charge in [0, 0.05) is 11.4 Å². The van der Waals surface area contributed by atoms with E-state index in [2.05, 4.69) is 10.1 Å². The van der Waals surface area contributed by atoms with Crippen LogP contribution in [0, 0.1) is 18.3 Å². The van der Waals surface area contributed by atoms with Crippen molar-refractivity contribution in [3.63, 3.8) is 0 Å². The Morgan fingerprint density at radius 2 is 2.00 bits per heavy atom. The fraction of sp³-hybridized carbons (Fsp3) is 0.278. The molecule has 0 aliphatic heterocycles. The number of carbonyl (C=O) groups excluding carboxylic acids is 2. The third-order valence-corrected chi connectivity index (χ3v) is 3.72. The first-order valence-electron chi connectivity index (χ1n) is 7.76. The van der Waals surface area contributed by atoms with Crippen LogP contribution in [0.2, 0.25) is 5.02 Å². The predicted molar refractivity (Wildman–Crippen MR) is 94.3 cm³/mol. The van der Waals surface area contributed by atoms with Crippen LogP contribution in [0.4, 0.5) is 5.88 Å². The maximum absolute atomic E-state index is 12.0. The largest absolute Gasteiger partial charge is 0.494 e. The maximum atomic E-state index is 12.0. The molecule has 0 radical (unpaired) electrons. The number of anilines is 1. The van der Waals surface area contributed by atoms with Crippen LogP contribution in [0.15, 0.2) is 28.7 Å². The van der Waals surface area contributed by atoms with Crippen LogP contribution >= 0.6 is 11.6 Å². The summed E-state index contributed by atoms with van der Waals surface area (Å²) in [6.07, 6.45) is 0.617. The van der Waals surface area contributed by atoms with Crippen molar-refractivity contribution < 1.29 is 23.5 Å². The van der Waals surface area contributed by atoms with Gasteiger partial charge in [0.25, 0.3) is 0 Å². The van der Waals surface area contributed by atoms with E-state index in [4.69, 9.17) is 20.8 Å². The SMILES string of the molecule is COC(=O)c1c(C)oc(NC(=O)CCCOc2ccc(Cl)cc2)c1C#N. The van der Waals surface area contributed by atoms with Gasteiger partial charge in [0.15, 0.2) is 0 Å². The van der Waals surface area contributed by atoms with Gasteiger partial charge in [-0.25, -0.2) is 4.79 Å². The summed E-state index contributed by atoms with van der Waals surface area (Å²) in [6.45, 7) is 1.85. The number of methoxy groups -OCH3 is 1. The number of furan rings is 1. The molecule has 0 aliphatic carbocycles. The van der Waals surface area contributed by atoms with Gasteiger partial charge in [0.1, 0.15) is 28.7 Å². The van der Waals surface area contributed by atoms with Crippen molar-refractivity contribution in [1.82, 2.24) is 0 Å². The lowest BCUT2D eigenvalue weighted by Crippen LogP contribution is -2.13. The quantitative estimate of drug-likeness (QED) is 0.584. The molecule has 26 heavy (non-hydrogen) atoms. The number of nitriles is 1. The molecule has 2 aromatic rings. The summed E-state index contributed by atoms with van der Waals surface area (Å²) >= 11 is 5.79. The highest BCUT2D eigenvalue weighted by atomic mass is 35.5. The van der Waals surface area contributed by atoms with Gasteiger partial charge in [-0.2, -0.15) is 5.26 Å². The summed E-state index contributed by atoms with van der Waals surface area (Å²) < 4.78 is 15.4. The molecule has 0 bridgehead atoms. The average Bonchev–Trinajstić information content (AvgIpc) is 2.94. The van der Waals surface area contributed by atoms with Gasteiger partial charge in [-0.05, 0) is 37.6 Å². The number of nitrogens with zero attached hydrogens (tertiary/aromatic N) is 1. The second-order valence-electron chi connectivity index (χ2n) is 5.29. The minimum Gasteiger partial charge on any atom is -0.494 e. The monoisotopic (exact) mass is 376 g/mol. The number of amides is 1. The van der Waals surface area contributed by atoms with Crippen LogP contribution < -0.4 is 10.1 Å². The zero-order chi connectivity index (χ0) is 19.1. The fourth-order valence-electron chi connectivity index (χ4n) is 2.23. The first-order chi connectivity index (χ1) is 12.5. The molecule has 1 aromatic carbocycles. The minimum absolute atomic E-state index is 0.0105. The molecule has 1 N–H and O–H groups in total. The summed E-state index contributed by atoms with van der Waals surface area (Å²) in [7, 11) is 1.20. The van der Waals surface area contributed by atoms with Crippen molar-refractivity contribution in [1.29, 1.82) is 5.26 Å². The molecule has 2 rings (SSSR count). The van der Waals surface area contributed by atoms with Gasteiger partial charge in [0.05, 0.1) is 13.7 Å². The van der Waals surface area contributed by atoms with E-state index in [1.165, 1.54) is 14.0 Å². The number of hydrogen-bond donors (Lipinski definition) is 1. The molecule has 0 saturated heterocycles. The number of hydrogen-bond acceptors (Lipinski definition) is 6. The lowest BCUT2D eigenvalue weighted by atomic mass is 10.1. The molecule has 7 nitrogen and oxygen atoms in total. The van der Waals surface area contributed by atoms with Crippen LogP contribution in [-0.2, 0) is 9.53 Å². The second-order valence-corrected chi connectivity index (χ2v) is 5.73. The summed E-state index contributed by atoms with van der Waals surface area (Å²) in [5.41, 5.74) is -0.0449. The van der Waals surface area contributed by atoms with Crippen molar-refractivity contribution in [2.45, 2.75) is 19.8 Å². The van der Waals surface area contributed by atoms with E-state index >= 15 is 0 Å². The van der Waals surface area contributed by atoms with Gasteiger partial charge in [-0.15, -0.1) is 0 Å². The summed E-state index contributed by atoms with van der Waals surface area (Å²) in [4.78, 5) is 23.7. The third kappa shape index (κ3) is 4.77. The predicted octanol–water partition coefficient (Wildman–Crippen LogP) is 3.70. The number of rotatable bonds is 7. The Morgan fingerprint density at radius 1 is 1.31 bits per heavy atom. The minimum atomic E-state index is -0.695. The van der Waals surface area contributed by atoms with Gasteiger partial charge in [-0.1, -0.05) is 11.6 Å². The summed E-state index contributed by atoms with van der Waals surface area (Å²) in [5.74, 6) is -0.249. The van der Waals surface area contributed by atoms with E-state index < -0.39 is 5.97 Å². The van der Waals surface area contributed by atoms with Crippen molar-refractivity contribution >= 4 is 29.4 Å². The highest BCUT2D eigenvalue weighted by molar-refractivity contribution is 6.30. The Kier molecular flexibility index (Phi) is 6.64. The number of aryl methyl sites for hydroxylation is 1. The van der Waals surface area contributed by atoms with Gasteiger partial charge in [-0.3, -0.25) is 10.1 Å². The van der Waals surface area contributed by atoms with Crippen molar-refractivity contribution in [3.8, 4) is 11.8 Å². The molecule has 0 saturated carbocycles. The number of carbonyl (C=O) groups is 2. The molecule has 1 aromatic heterocycles. The highest BCUT2D eigenvalue weighted by Gasteiger charge is 2.25. The van der Waals surface area contributed by atoms with Crippen LogP contribution in [0.3, 0.4) is 0 Å². The van der Waals surface area contributed by atoms with E-state index in [9.17, 15) is 14.9 Å². The third-order valence-electron chi connectivity index (χ3n) is 3.47. The van der Waals surface area contributed by atoms with Gasteiger partial charge >= 0.3 is 5.97 Å². The van der Waals surface area contributed by atoms with Crippen molar-refractivity contribution in [2.75, 3.05) is 19.0 Å². The summed E-state index contributed by atoms with van der Waals surface area (Å²) in [5, 5.41) is 12.3. The van der Waals surface area contributed by atoms with Crippen LogP contribution in [0.5, 0.6) is 5.75 Å². The van der Waals surface area contributed by atoms with Gasteiger partial charge in [0.2, 0.25) is 11.8 Å². The maximum Gasteiger partial charge on any atom is 0.342 e. The van der Waals surface area contributed by atoms with Gasteiger partial charge < -0.3 is 13.9 Å². The molecule has 0 atom stereocenters. The number of halogens is 1. The Balaban J connectivity index is 1.89. The highest BCUT2D eigenvalue weighted by Crippen LogP contribution is 2.27. The molecule has 8 heteroatoms. The zero-order valence-electron chi connectivity index (χ0n) is 14.3. The first kappa shape index (κ1) is 19.3. The molecule has 0 spiro atoms. The first-order valence-corrected chi connectivity index (χ1v) is 8.14. The fourth-order valence-corrected chi connectivity index (χ4v) is 2.36. The molecule has 0 aliphatic rings. The topological polar surface area (TPSA) is 102 Å². The standard InChI is InChI=1S/C18H17ClN2O5/c1-11-16(18(23)24-2)14(10-20)17(26-11)21-15(22)4-3-9-25-13-7-5-12(19)6-8-13/h5-8H,3-4,9H2,1-2H3,(H,21,22). The van der Waals surface area contributed by atoms with Crippen molar-refractivity contribution in [3.05, 3.63) is 46.2 Å². The van der Waals surface area contributed by atoms with E-state index in [0.717, 1.165) is 0 Å². The number of esters is 1. The van der Waals surface area contributed by atoms with Crippen molar-refractivity contribution in [2.24, 2.45) is 0 Å². The molecule has 0 fully saturated rings. The molecule has 1 heterocycles. The molecular weight excluding hydrogens is 360 g/mol. The smallest absolute Gasteiger partial charge is 0.342 e. The van der Waals surface area contributed by atoms with Crippen LogP contribution in [0.25, 0.3) is 0 Å². The Labute approximate surface area is 155 Å². The van der Waals surface area contributed by atoms with Crippen LogP contribution in [0.1, 0.15) is 34.5 Å². The average molecular weight is 377 g/mol. The van der Waals surface area contributed by atoms with E-state index in [1.54, 1.807) is 24.3 Å². The van der Waals surface area contributed by atoms with E-state index in [0.29, 0.717) is 23.8 Å². The molecule has 136 valence electrons. The Hall–Kier alpha value is -2.98. The summed E-state index contributed by atoms with van der Waals surface area (Å²) in [6, 6.07) is 8.76. The van der Waals surface area contributed by atoms with Crippen LogP contribution in [-0.4, -0.2) is 25.6 Å². The lowest BCUT2D eigenvalue weighted by Gasteiger charge is -2.06. The van der Waals surface area contributed by atoms with E-state index in [1.807, 2.05) is 6.07 Å². The molecule has 0 unspecified atom stereocenters. The zero-order valence-corrected chi connectivity index (χ0v) is 15.1. The Morgan fingerprint density at radius 3 is 2.62 bits per heavy atom. The lowest BCUT2D eigenvalue weighted by molar-refractivity contribution is -0.116. The second kappa shape index (κ2) is 8.92. The normalized spacial score (nSPS) is 10.1. The molecule has 1 amide bonds. The number of nitrogens with one attached hydrogen (secondary N) is 1. The number of benzene rings is 1. The number of ether oxygens (including phenoxy) is 2.